The number of aromatic nitrogens is 1. The molecule has 2 aromatic rings. The fraction of sp³-hybridized carbons (Fsp3) is 0.467. The lowest BCUT2D eigenvalue weighted by molar-refractivity contribution is -0.159. The van der Waals surface area contributed by atoms with Crippen molar-refractivity contribution in [2.75, 3.05) is 19.8 Å². The van der Waals surface area contributed by atoms with E-state index in [-0.39, 0.29) is 28.7 Å². The zero-order valence-electron chi connectivity index (χ0n) is 22.2. The van der Waals surface area contributed by atoms with Crippen molar-refractivity contribution in [1.29, 1.82) is 0 Å². The number of alkyl halides is 1. The maximum Gasteiger partial charge on any atom is 0.306 e. The van der Waals surface area contributed by atoms with Crippen LogP contribution in [0.4, 0.5) is 13.2 Å². The lowest BCUT2D eigenvalue weighted by Crippen LogP contribution is -2.42. The summed E-state index contributed by atoms with van der Waals surface area (Å²) < 4.78 is 47.9. The SMILES string of the molecule is CC(C)(CF)OC(=O)CC1CCC(C=C2N=Cc3cc(-c4cc(F)c(C(=O)N5CCC5)cc4F)ncc32)CC1. The summed E-state index contributed by atoms with van der Waals surface area (Å²) in [4.78, 5) is 34.9. The zero-order valence-corrected chi connectivity index (χ0v) is 22.2. The van der Waals surface area contributed by atoms with Gasteiger partial charge in [-0.15, -0.1) is 0 Å². The van der Waals surface area contributed by atoms with Gasteiger partial charge in [-0.25, -0.2) is 13.2 Å². The van der Waals surface area contributed by atoms with Crippen LogP contribution >= 0.6 is 0 Å². The van der Waals surface area contributed by atoms with Crippen LogP contribution in [0.2, 0.25) is 0 Å². The first kappa shape index (κ1) is 27.1. The smallest absolute Gasteiger partial charge is 0.306 e. The van der Waals surface area contributed by atoms with E-state index in [1.54, 1.807) is 32.3 Å². The highest BCUT2D eigenvalue weighted by Gasteiger charge is 2.29. The molecular weight excluding hydrogens is 507 g/mol. The molecule has 39 heavy (non-hydrogen) atoms. The minimum absolute atomic E-state index is 0.00644. The van der Waals surface area contributed by atoms with E-state index in [1.807, 2.05) is 0 Å². The summed E-state index contributed by atoms with van der Waals surface area (Å²) in [6.07, 6.45) is 10.1. The van der Waals surface area contributed by atoms with Crippen LogP contribution in [0.15, 0.2) is 35.5 Å². The van der Waals surface area contributed by atoms with Crippen LogP contribution in [-0.2, 0) is 9.53 Å². The second-order valence-corrected chi connectivity index (χ2v) is 11.3. The number of carbonyl (C=O) groups is 2. The lowest BCUT2D eigenvalue weighted by Gasteiger charge is -2.31. The van der Waals surface area contributed by atoms with E-state index in [4.69, 9.17) is 4.74 Å². The van der Waals surface area contributed by atoms with Crippen LogP contribution < -0.4 is 0 Å². The number of halogens is 3. The molecule has 2 fully saturated rings. The summed E-state index contributed by atoms with van der Waals surface area (Å²) >= 11 is 0. The lowest BCUT2D eigenvalue weighted by atomic mass is 9.80. The molecule has 1 aliphatic carbocycles. The van der Waals surface area contributed by atoms with Gasteiger partial charge in [0.25, 0.3) is 5.91 Å². The summed E-state index contributed by atoms with van der Waals surface area (Å²) in [6, 6.07) is 3.67. The maximum absolute atomic E-state index is 14.9. The molecule has 0 unspecified atom stereocenters. The van der Waals surface area contributed by atoms with Gasteiger partial charge in [0.2, 0.25) is 0 Å². The average molecular weight is 540 g/mol. The highest BCUT2D eigenvalue weighted by Crippen LogP contribution is 2.36. The molecule has 1 saturated heterocycles. The number of likely N-dealkylation sites (tertiary alicyclic amines) is 1. The molecule has 0 spiro atoms. The molecular formula is C30H32F3N3O3. The number of amides is 1. The van der Waals surface area contributed by atoms with Gasteiger partial charge in [-0.05, 0) is 76.0 Å². The number of rotatable bonds is 7. The van der Waals surface area contributed by atoms with Crippen LogP contribution in [-0.4, -0.2) is 53.3 Å². The van der Waals surface area contributed by atoms with E-state index in [9.17, 15) is 22.8 Å². The normalized spacial score (nSPS) is 21.6. The third kappa shape index (κ3) is 5.92. The van der Waals surface area contributed by atoms with Gasteiger partial charge in [0.15, 0.2) is 0 Å². The highest BCUT2D eigenvalue weighted by molar-refractivity contribution is 5.98. The molecule has 9 heteroatoms. The van der Waals surface area contributed by atoms with Crippen molar-refractivity contribution in [3.8, 4) is 11.3 Å². The Morgan fingerprint density at radius 2 is 1.82 bits per heavy atom. The van der Waals surface area contributed by atoms with Crippen LogP contribution in [0, 0.1) is 23.5 Å². The zero-order chi connectivity index (χ0) is 27.7. The molecule has 6 nitrogen and oxygen atoms in total. The molecule has 5 rings (SSSR count). The predicted octanol–water partition coefficient (Wildman–Crippen LogP) is 6.13. The van der Waals surface area contributed by atoms with E-state index >= 15 is 0 Å². The average Bonchev–Trinajstić information content (AvgIpc) is 3.26. The minimum Gasteiger partial charge on any atom is -0.457 e. The molecule has 0 bridgehead atoms. The standard InChI is InChI=1S/C30H32F3N3O3/c1-30(2,17-31)39-28(37)11-19-6-4-18(5-7-19)10-26-23-16-35-27(12-20(23)15-34-26)21-13-25(33)22(14-24(21)32)29(38)36-8-3-9-36/h10,12-16,18-19H,3-9,11,17H2,1-2H3. The highest BCUT2D eigenvalue weighted by atomic mass is 19.1. The first-order valence-corrected chi connectivity index (χ1v) is 13.5. The Morgan fingerprint density at radius 3 is 2.49 bits per heavy atom. The quantitative estimate of drug-likeness (QED) is 0.397. The van der Waals surface area contributed by atoms with Crippen molar-refractivity contribution in [3.63, 3.8) is 0 Å². The topological polar surface area (TPSA) is 71.9 Å². The monoisotopic (exact) mass is 539 g/mol. The molecule has 0 N–H and O–H groups in total. The molecule has 1 amide bonds. The number of allylic oxidation sites excluding steroid dienone is 1. The molecule has 0 radical (unpaired) electrons. The number of hydrogen-bond acceptors (Lipinski definition) is 5. The first-order chi connectivity index (χ1) is 18.6. The second kappa shape index (κ2) is 10.9. The Morgan fingerprint density at radius 1 is 1.08 bits per heavy atom. The number of aliphatic imine (C=N–C) groups is 1. The van der Waals surface area contributed by atoms with Gasteiger partial charge in [-0.3, -0.25) is 19.6 Å². The number of benzene rings is 1. The molecule has 2 aliphatic heterocycles. The van der Waals surface area contributed by atoms with Gasteiger partial charge < -0.3 is 9.64 Å². The number of esters is 1. The van der Waals surface area contributed by atoms with Gasteiger partial charge in [-0.1, -0.05) is 6.08 Å². The second-order valence-electron chi connectivity index (χ2n) is 11.3. The third-order valence-electron chi connectivity index (χ3n) is 7.71. The van der Waals surface area contributed by atoms with E-state index in [0.717, 1.165) is 61.1 Å². The van der Waals surface area contributed by atoms with Crippen molar-refractivity contribution < 1.29 is 27.5 Å². The van der Waals surface area contributed by atoms with Crippen molar-refractivity contribution in [3.05, 3.63) is 58.8 Å². The van der Waals surface area contributed by atoms with Gasteiger partial charge in [0, 0.05) is 48.6 Å². The Bertz CT molecular complexity index is 1340. The van der Waals surface area contributed by atoms with Crippen LogP contribution in [0.1, 0.15) is 73.9 Å². The summed E-state index contributed by atoms with van der Waals surface area (Å²) in [5.74, 6) is -1.82. The van der Waals surface area contributed by atoms with Gasteiger partial charge in [-0.2, -0.15) is 0 Å². The summed E-state index contributed by atoms with van der Waals surface area (Å²) in [5, 5.41) is 0. The summed E-state index contributed by atoms with van der Waals surface area (Å²) in [7, 11) is 0. The number of ether oxygens (including phenoxy) is 1. The van der Waals surface area contributed by atoms with Gasteiger partial charge in [0.05, 0.1) is 17.0 Å². The Hall–Kier alpha value is -3.49. The fourth-order valence-corrected chi connectivity index (χ4v) is 5.27. The van der Waals surface area contributed by atoms with Crippen molar-refractivity contribution >= 4 is 23.8 Å². The Labute approximate surface area is 226 Å². The predicted molar refractivity (Wildman–Crippen MR) is 142 cm³/mol. The van der Waals surface area contributed by atoms with Gasteiger partial charge in [0.1, 0.15) is 23.9 Å². The fourth-order valence-electron chi connectivity index (χ4n) is 5.27. The van der Waals surface area contributed by atoms with Crippen LogP contribution in [0.3, 0.4) is 0 Å². The van der Waals surface area contributed by atoms with Crippen molar-refractivity contribution in [2.45, 2.75) is 58.0 Å². The maximum atomic E-state index is 14.9. The molecule has 1 aromatic heterocycles. The number of pyridine rings is 1. The van der Waals surface area contributed by atoms with Crippen LogP contribution in [0.5, 0.6) is 0 Å². The number of nitrogens with zero attached hydrogens (tertiary/aromatic N) is 3. The molecule has 0 atom stereocenters. The summed E-state index contributed by atoms with van der Waals surface area (Å²) in [6.45, 7) is 3.52. The first-order valence-electron chi connectivity index (χ1n) is 13.5. The number of hydrogen-bond donors (Lipinski definition) is 0. The third-order valence-corrected chi connectivity index (χ3v) is 7.71. The van der Waals surface area contributed by atoms with E-state index in [2.05, 4.69) is 16.1 Å². The van der Waals surface area contributed by atoms with Crippen LogP contribution in [0.25, 0.3) is 17.0 Å². The van der Waals surface area contributed by atoms with Crippen molar-refractivity contribution in [2.24, 2.45) is 16.8 Å². The van der Waals surface area contributed by atoms with Gasteiger partial charge >= 0.3 is 5.97 Å². The number of carbonyl (C=O) groups excluding carboxylic acids is 2. The molecule has 206 valence electrons. The van der Waals surface area contributed by atoms with E-state index in [1.165, 1.54) is 4.90 Å². The molecule has 1 aromatic carbocycles. The van der Waals surface area contributed by atoms with Crippen molar-refractivity contribution in [1.82, 2.24) is 9.88 Å². The Balaban J connectivity index is 1.23. The number of fused-ring (bicyclic) bond motifs is 1. The summed E-state index contributed by atoms with van der Waals surface area (Å²) in [5.41, 5.74) is 1.29. The van der Waals surface area contributed by atoms with E-state index in [0.29, 0.717) is 25.4 Å². The molecule has 3 heterocycles. The minimum atomic E-state index is -1.09. The molecule has 1 saturated carbocycles. The molecule has 3 aliphatic rings. The largest absolute Gasteiger partial charge is 0.457 e. The Kier molecular flexibility index (Phi) is 7.60. The van der Waals surface area contributed by atoms with E-state index < -0.39 is 29.8 Å².